The standard InChI is InChI=1S/C32H50O5Si2/c1-30(2,3)38(8,9)37-24(22-32(7)29(36-32)28-27(23-33)35-28)20-21-34-39(31(4,5)6,25-16-12-10-13-17-25)26-18-14-11-15-19-26/h10-19,24,27-29,33H,20-23H2,1-9H3/t24-,27+,28-,29-,32-/m1/s1. The molecule has 0 spiro atoms. The summed E-state index contributed by atoms with van der Waals surface area (Å²) in [5.74, 6) is 0. The summed E-state index contributed by atoms with van der Waals surface area (Å²) in [5, 5.41) is 12.1. The minimum absolute atomic E-state index is 0.00174. The summed E-state index contributed by atoms with van der Waals surface area (Å²) >= 11 is 0. The van der Waals surface area contributed by atoms with Crippen molar-refractivity contribution in [3.05, 3.63) is 60.7 Å². The van der Waals surface area contributed by atoms with E-state index < -0.39 is 16.6 Å². The van der Waals surface area contributed by atoms with Crippen LogP contribution in [0, 0.1) is 0 Å². The second-order valence-electron chi connectivity index (χ2n) is 14.2. The highest BCUT2D eigenvalue weighted by molar-refractivity contribution is 6.99. The van der Waals surface area contributed by atoms with Crippen molar-refractivity contribution >= 4 is 27.0 Å². The molecule has 0 amide bonds. The molecule has 2 aromatic carbocycles. The Balaban J connectivity index is 1.58. The maximum absolute atomic E-state index is 9.48. The number of ether oxygens (including phenoxy) is 2. The quantitative estimate of drug-likeness (QED) is 0.264. The van der Waals surface area contributed by atoms with Crippen molar-refractivity contribution in [1.82, 2.24) is 0 Å². The fourth-order valence-electron chi connectivity index (χ4n) is 5.76. The number of epoxide rings is 2. The number of hydrogen-bond donors (Lipinski definition) is 1. The summed E-state index contributed by atoms with van der Waals surface area (Å²) in [6.07, 6.45) is 1.56. The molecule has 0 aliphatic carbocycles. The molecule has 1 N–H and O–H groups in total. The molecule has 7 heteroatoms. The second-order valence-corrected chi connectivity index (χ2v) is 23.2. The number of aliphatic hydroxyl groups is 1. The Morgan fingerprint density at radius 2 is 1.44 bits per heavy atom. The van der Waals surface area contributed by atoms with Crippen LogP contribution in [0.3, 0.4) is 0 Å². The molecule has 0 unspecified atom stereocenters. The first-order chi connectivity index (χ1) is 18.1. The average molecular weight is 571 g/mol. The maximum atomic E-state index is 9.48. The van der Waals surface area contributed by atoms with Crippen molar-refractivity contribution in [2.75, 3.05) is 13.2 Å². The summed E-state index contributed by atoms with van der Waals surface area (Å²) in [6.45, 7) is 21.3. The SMILES string of the molecule is CC(C)(C)[Si](C)(C)O[C@H](CCO[Si](c1ccccc1)(c1ccccc1)C(C)(C)C)C[C@@]1(C)O[C@@H]1[C@@H]1O[C@H]1CO. The molecule has 0 radical (unpaired) electrons. The highest BCUT2D eigenvalue weighted by Crippen LogP contribution is 2.50. The van der Waals surface area contributed by atoms with E-state index in [0.29, 0.717) is 6.61 Å². The predicted molar refractivity (Wildman–Crippen MR) is 164 cm³/mol. The van der Waals surface area contributed by atoms with E-state index in [9.17, 15) is 5.11 Å². The van der Waals surface area contributed by atoms with Gasteiger partial charge < -0.3 is 23.4 Å². The first kappa shape index (κ1) is 30.6. The lowest BCUT2D eigenvalue weighted by molar-refractivity contribution is 0.110. The van der Waals surface area contributed by atoms with E-state index in [1.807, 2.05) is 0 Å². The van der Waals surface area contributed by atoms with Gasteiger partial charge in [0.1, 0.15) is 18.3 Å². The van der Waals surface area contributed by atoms with Gasteiger partial charge in [0.05, 0.1) is 18.3 Å². The molecule has 2 aliphatic rings. The zero-order chi connectivity index (χ0) is 28.7. The smallest absolute Gasteiger partial charge is 0.261 e. The van der Waals surface area contributed by atoms with Gasteiger partial charge in [-0.2, -0.15) is 0 Å². The van der Waals surface area contributed by atoms with Crippen LogP contribution in [-0.4, -0.2) is 65.0 Å². The van der Waals surface area contributed by atoms with Gasteiger partial charge in [0.25, 0.3) is 8.32 Å². The molecule has 5 nitrogen and oxygen atoms in total. The van der Waals surface area contributed by atoms with Gasteiger partial charge in [0.2, 0.25) is 0 Å². The van der Waals surface area contributed by atoms with Gasteiger partial charge in [-0.25, -0.2) is 0 Å². The van der Waals surface area contributed by atoms with Gasteiger partial charge in [-0.3, -0.25) is 0 Å². The molecule has 2 fully saturated rings. The Hall–Kier alpha value is -1.33. The number of aliphatic hydroxyl groups excluding tert-OH is 1. The van der Waals surface area contributed by atoms with Crippen molar-refractivity contribution in [1.29, 1.82) is 0 Å². The molecule has 2 saturated heterocycles. The van der Waals surface area contributed by atoms with E-state index in [4.69, 9.17) is 18.3 Å². The summed E-state index contributed by atoms with van der Waals surface area (Å²) in [4.78, 5) is 0. The highest BCUT2D eigenvalue weighted by atomic mass is 28.4. The van der Waals surface area contributed by atoms with Crippen LogP contribution in [0.15, 0.2) is 60.7 Å². The lowest BCUT2D eigenvalue weighted by Crippen LogP contribution is -2.66. The fraction of sp³-hybridized carbons (Fsp3) is 0.625. The molecule has 2 aromatic rings. The molecule has 4 rings (SSSR count). The number of hydrogen-bond acceptors (Lipinski definition) is 5. The monoisotopic (exact) mass is 570 g/mol. The Bertz CT molecular complexity index is 1040. The molecule has 0 aromatic heterocycles. The average Bonchev–Trinajstić information content (AvgIpc) is 3.76. The molecule has 0 saturated carbocycles. The first-order valence-electron chi connectivity index (χ1n) is 14.5. The Morgan fingerprint density at radius 1 is 0.897 bits per heavy atom. The van der Waals surface area contributed by atoms with Gasteiger partial charge in [0, 0.05) is 13.0 Å². The largest absolute Gasteiger partial charge is 0.414 e. The van der Waals surface area contributed by atoms with Crippen LogP contribution in [0.5, 0.6) is 0 Å². The van der Waals surface area contributed by atoms with Crippen molar-refractivity contribution in [3.63, 3.8) is 0 Å². The van der Waals surface area contributed by atoms with E-state index in [2.05, 4.69) is 122 Å². The van der Waals surface area contributed by atoms with Crippen molar-refractivity contribution in [2.24, 2.45) is 0 Å². The summed E-state index contributed by atoms with van der Waals surface area (Å²) in [6, 6.07) is 21.6. The van der Waals surface area contributed by atoms with Crippen LogP contribution in [0.2, 0.25) is 23.2 Å². The van der Waals surface area contributed by atoms with Crippen LogP contribution in [-0.2, 0) is 18.3 Å². The lowest BCUT2D eigenvalue weighted by Gasteiger charge is -2.44. The maximum Gasteiger partial charge on any atom is 0.261 e. The molecule has 2 aliphatic heterocycles. The normalized spacial score (nSPS) is 26.4. The van der Waals surface area contributed by atoms with Crippen LogP contribution in [0.4, 0.5) is 0 Å². The molecule has 5 atom stereocenters. The van der Waals surface area contributed by atoms with Crippen molar-refractivity contribution in [2.45, 2.75) is 114 Å². The lowest BCUT2D eigenvalue weighted by atomic mass is 9.96. The third-order valence-corrected chi connectivity index (χ3v) is 18.7. The predicted octanol–water partition coefficient (Wildman–Crippen LogP) is 5.65. The topological polar surface area (TPSA) is 63.8 Å². The fourth-order valence-corrected chi connectivity index (χ4v) is 11.7. The van der Waals surface area contributed by atoms with Gasteiger partial charge in [-0.05, 0) is 46.9 Å². The van der Waals surface area contributed by atoms with Crippen LogP contribution in [0.25, 0.3) is 0 Å². The number of rotatable bonds is 12. The first-order valence-corrected chi connectivity index (χ1v) is 19.3. The van der Waals surface area contributed by atoms with E-state index in [0.717, 1.165) is 12.8 Å². The summed E-state index contributed by atoms with van der Waals surface area (Å²) < 4.78 is 26.1. The molecule has 39 heavy (non-hydrogen) atoms. The zero-order valence-electron chi connectivity index (χ0n) is 25.5. The van der Waals surface area contributed by atoms with Crippen LogP contribution < -0.4 is 10.4 Å². The van der Waals surface area contributed by atoms with E-state index >= 15 is 0 Å². The summed E-state index contributed by atoms with van der Waals surface area (Å²) in [7, 11) is -4.64. The molecular weight excluding hydrogens is 521 g/mol. The van der Waals surface area contributed by atoms with Gasteiger partial charge in [-0.1, -0.05) is 102 Å². The summed E-state index contributed by atoms with van der Waals surface area (Å²) in [5.41, 5.74) is -0.293. The number of benzene rings is 2. The molecule has 2 heterocycles. The van der Waals surface area contributed by atoms with Gasteiger partial charge in [-0.15, -0.1) is 0 Å². The van der Waals surface area contributed by atoms with Crippen LogP contribution in [0.1, 0.15) is 61.3 Å². The Morgan fingerprint density at radius 3 is 1.87 bits per heavy atom. The van der Waals surface area contributed by atoms with Crippen LogP contribution >= 0.6 is 0 Å². The minimum atomic E-state index is -2.61. The van der Waals surface area contributed by atoms with Gasteiger partial charge in [0.15, 0.2) is 8.32 Å². The Kier molecular flexibility index (Phi) is 8.76. The minimum Gasteiger partial charge on any atom is -0.414 e. The molecular formula is C32H50O5Si2. The van der Waals surface area contributed by atoms with E-state index in [-0.39, 0.29) is 46.7 Å². The zero-order valence-corrected chi connectivity index (χ0v) is 27.5. The van der Waals surface area contributed by atoms with E-state index in [1.165, 1.54) is 10.4 Å². The third kappa shape index (κ3) is 6.45. The second kappa shape index (κ2) is 11.2. The Labute approximate surface area is 238 Å². The third-order valence-electron chi connectivity index (χ3n) is 9.12. The molecule has 216 valence electrons. The van der Waals surface area contributed by atoms with Crippen molar-refractivity contribution < 1.29 is 23.4 Å². The highest BCUT2D eigenvalue weighted by Gasteiger charge is 2.65. The molecule has 0 bridgehead atoms. The van der Waals surface area contributed by atoms with Gasteiger partial charge >= 0.3 is 0 Å². The van der Waals surface area contributed by atoms with E-state index in [1.54, 1.807) is 0 Å². The van der Waals surface area contributed by atoms with Crippen molar-refractivity contribution in [3.8, 4) is 0 Å².